The Morgan fingerprint density at radius 3 is 2.74 bits per heavy atom. The zero-order valence-corrected chi connectivity index (χ0v) is 12.4. The SMILES string of the molecule is Cc1ccccc1CN(C)C(C)(CN)C1CCOC1. The van der Waals surface area contributed by atoms with Gasteiger partial charge >= 0.3 is 0 Å². The molecular weight excluding hydrogens is 236 g/mol. The van der Waals surface area contributed by atoms with E-state index in [0.717, 1.165) is 26.2 Å². The van der Waals surface area contributed by atoms with Gasteiger partial charge in [0.25, 0.3) is 0 Å². The Hall–Kier alpha value is -0.900. The van der Waals surface area contributed by atoms with Crippen molar-refractivity contribution in [2.75, 3.05) is 26.8 Å². The predicted molar refractivity (Wildman–Crippen MR) is 79.0 cm³/mol. The highest BCUT2D eigenvalue weighted by Crippen LogP contribution is 2.31. The molecule has 0 aromatic heterocycles. The van der Waals surface area contributed by atoms with Gasteiger partial charge < -0.3 is 10.5 Å². The van der Waals surface area contributed by atoms with Crippen LogP contribution in [0.1, 0.15) is 24.5 Å². The summed E-state index contributed by atoms with van der Waals surface area (Å²) in [5.74, 6) is 0.534. The van der Waals surface area contributed by atoms with Crippen LogP contribution in [0.3, 0.4) is 0 Å². The highest BCUT2D eigenvalue weighted by atomic mass is 16.5. The van der Waals surface area contributed by atoms with Crippen molar-refractivity contribution >= 4 is 0 Å². The van der Waals surface area contributed by atoms with Gasteiger partial charge in [-0.1, -0.05) is 24.3 Å². The van der Waals surface area contributed by atoms with Gasteiger partial charge in [0.15, 0.2) is 0 Å². The Bertz CT molecular complexity index is 415. The summed E-state index contributed by atoms with van der Waals surface area (Å²) in [6, 6.07) is 8.57. The van der Waals surface area contributed by atoms with Gasteiger partial charge in [-0.15, -0.1) is 0 Å². The van der Waals surface area contributed by atoms with Gasteiger partial charge in [0.2, 0.25) is 0 Å². The third-order valence-electron chi connectivity index (χ3n) is 4.76. The van der Waals surface area contributed by atoms with Gasteiger partial charge in [-0.2, -0.15) is 0 Å². The maximum Gasteiger partial charge on any atom is 0.0513 e. The number of hydrogen-bond acceptors (Lipinski definition) is 3. The minimum Gasteiger partial charge on any atom is -0.381 e. The number of nitrogens with two attached hydrogens (primary N) is 1. The second-order valence-electron chi connectivity index (χ2n) is 5.90. The Labute approximate surface area is 116 Å². The summed E-state index contributed by atoms with van der Waals surface area (Å²) in [6.45, 7) is 7.76. The molecule has 1 aliphatic rings. The minimum absolute atomic E-state index is 0.0127. The van der Waals surface area contributed by atoms with Crippen molar-refractivity contribution in [2.45, 2.75) is 32.4 Å². The number of nitrogens with zero attached hydrogens (tertiary/aromatic N) is 1. The first kappa shape index (κ1) is 14.5. The van der Waals surface area contributed by atoms with E-state index in [-0.39, 0.29) is 5.54 Å². The molecule has 2 N–H and O–H groups in total. The van der Waals surface area contributed by atoms with Crippen LogP contribution in [0.4, 0.5) is 0 Å². The fourth-order valence-corrected chi connectivity index (χ4v) is 2.88. The van der Waals surface area contributed by atoms with Crippen molar-refractivity contribution in [3.8, 4) is 0 Å². The molecule has 0 bridgehead atoms. The molecule has 3 nitrogen and oxygen atoms in total. The molecule has 0 spiro atoms. The number of aryl methyl sites for hydroxylation is 1. The van der Waals surface area contributed by atoms with E-state index in [9.17, 15) is 0 Å². The molecule has 0 amide bonds. The monoisotopic (exact) mass is 262 g/mol. The number of likely N-dealkylation sites (N-methyl/N-ethyl adjacent to an activating group) is 1. The van der Waals surface area contributed by atoms with Crippen LogP contribution >= 0.6 is 0 Å². The largest absolute Gasteiger partial charge is 0.381 e. The van der Waals surface area contributed by atoms with E-state index in [1.807, 2.05) is 0 Å². The first-order chi connectivity index (χ1) is 9.08. The number of rotatable bonds is 5. The smallest absolute Gasteiger partial charge is 0.0513 e. The Kier molecular flexibility index (Phi) is 4.61. The van der Waals surface area contributed by atoms with E-state index in [2.05, 4.69) is 50.1 Å². The zero-order chi connectivity index (χ0) is 13.9. The third kappa shape index (κ3) is 2.99. The minimum atomic E-state index is 0.0127. The van der Waals surface area contributed by atoms with E-state index >= 15 is 0 Å². The quantitative estimate of drug-likeness (QED) is 0.884. The topological polar surface area (TPSA) is 38.5 Å². The lowest BCUT2D eigenvalue weighted by molar-refractivity contribution is 0.0608. The van der Waals surface area contributed by atoms with Crippen LogP contribution in [0.2, 0.25) is 0 Å². The maximum absolute atomic E-state index is 6.08. The van der Waals surface area contributed by atoms with Crippen LogP contribution in [0, 0.1) is 12.8 Å². The second kappa shape index (κ2) is 6.04. The van der Waals surface area contributed by atoms with Crippen LogP contribution < -0.4 is 5.73 Å². The molecule has 0 saturated carbocycles. The van der Waals surface area contributed by atoms with Gasteiger partial charge in [-0.25, -0.2) is 0 Å². The van der Waals surface area contributed by atoms with E-state index in [1.165, 1.54) is 11.1 Å². The molecule has 1 aromatic carbocycles. The Morgan fingerprint density at radius 2 is 2.16 bits per heavy atom. The van der Waals surface area contributed by atoms with E-state index in [1.54, 1.807) is 0 Å². The van der Waals surface area contributed by atoms with E-state index < -0.39 is 0 Å². The highest BCUT2D eigenvalue weighted by Gasteiger charge is 2.38. The second-order valence-corrected chi connectivity index (χ2v) is 5.90. The Balaban J connectivity index is 2.12. The number of hydrogen-bond donors (Lipinski definition) is 1. The van der Waals surface area contributed by atoms with E-state index in [4.69, 9.17) is 10.5 Å². The van der Waals surface area contributed by atoms with Crippen molar-refractivity contribution in [1.29, 1.82) is 0 Å². The van der Waals surface area contributed by atoms with Crippen molar-refractivity contribution in [3.63, 3.8) is 0 Å². The summed E-state index contributed by atoms with van der Waals surface area (Å²) in [7, 11) is 2.18. The first-order valence-corrected chi connectivity index (χ1v) is 7.11. The molecule has 2 rings (SSSR count). The van der Waals surface area contributed by atoms with Gasteiger partial charge in [-0.3, -0.25) is 4.90 Å². The number of ether oxygens (including phenoxy) is 1. The van der Waals surface area contributed by atoms with Crippen LogP contribution in [0.25, 0.3) is 0 Å². The molecule has 1 aliphatic heterocycles. The van der Waals surface area contributed by atoms with Crippen LogP contribution in [0.15, 0.2) is 24.3 Å². The van der Waals surface area contributed by atoms with Crippen LogP contribution in [-0.4, -0.2) is 37.2 Å². The van der Waals surface area contributed by atoms with Gasteiger partial charge in [0.1, 0.15) is 0 Å². The average molecular weight is 262 g/mol. The van der Waals surface area contributed by atoms with Crippen LogP contribution in [0.5, 0.6) is 0 Å². The lowest BCUT2D eigenvalue weighted by Crippen LogP contribution is -2.54. The van der Waals surface area contributed by atoms with Crippen molar-refractivity contribution in [1.82, 2.24) is 4.90 Å². The molecule has 19 heavy (non-hydrogen) atoms. The first-order valence-electron chi connectivity index (χ1n) is 7.11. The van der Waals surface area contributed by atoms with Gasteiger partial charge in [0, 0.05) is 31.2 Å². The lowest BCUT2D eigenvalue weighted by atomic mass is 9.83. The van der Waals surface area contributed by atoms with Gasteiger partial charge in [-0.05, 0) is 38.4 Å². The molecule has 0 aliphatic carbocycles. The molecule has 1 aromatic rings. The summed E-state index contributed by atoms with van der Waals surface area (Å²) in [5.41, 5.74) is 8.82. The summed E-state index contributed by atoms with van der Waals surface area (Å²) >= 11 is 0. The fraction of sp³-hybridized carbons (Fsp3) is 0.625. The molecule has 2 unspecified atom stereocenters. The maximum atomic E-state index is 6.08. The molecule has 1 fully saturated rings. The fourth-order valence-electron chi connectivity index (χ4n) is 2.88. The van der Waals surface area contributed by atoms with E-state index in [0.29, 0.717) is 12.5 Å². The molecule has 0 radical (unpaired) electrons. The van der Waals surface area contributed by atoms with Crippen molar-refractivity contribution in [3.05, 3.63) is 35.4 Å². The van der Waals surface area contributed by atoms with Crippen LogP contribution in [-0.2, 0) is 11.3 Å². The zero-order valence-electron chi connectivity index (χ0n) is 12.4. The summed E-state index contributed by atoms with van der Waals surface area (Å²) in [5, 5.41) is 0. The summed E-state index contributed by atoms with van der Waals surface area (Å²) in [6.07, 6.45) is 1.12. The number of benzene rings is 1. The molecule has 1 saturated heterocycles. The molecule has 2 atom stereocenters. The molecule has 106 valence electrons. The van der Waals surface area contributed by atoms with Crippen molar-refractivity contribution in [2.24, 2.45) is 11.7 Å². The standard InChI is InChI=1S/C16H26N2O/c1-13-6-4-5-7-14(13)10-18(3)16(2,12-17)15-8-9-19-11-15/h4-7,15H,8-12,17H2,1-3H3. The Morgan fingerprint density at radius 1 is 1.42 bits per heavy atom. The normalized spacial score (nSPS) is 22.7. The summed E-state index contributed by atoms with van der Waals surface area (Å²) in [4.78, 5) is 2.40. The predicted octanol–water partition coefficient (Wildman–Crippen LogP) is 2.18. The third-order valence-corrected chi connectivity index (χ3v) is 4.76. The molecule has 1 heterocycles. The van der Waals surface area contributed by atoms with Gasteiger partial charge in [0.05, 0.1) is 6.61 Å². The molecular formula is C16H26N2O. The lowest BCUT2D eigenvalue weighted by Gasteiger charge is -2.42. The molecule has 3 heteroatoms. The van der Waals surface area contributed by atoms with Crippen molar-refractivity contribution < 1.29 is 4.74 Å². The average Bonchev–Trinajstić information content (AvgIpc) is 2.95. The highest BCUT2D eigenvalue weighted by molar-refractivity contribution is 5.25. The summed E-state index contributed by atoms with van der Waals surface area (Å²) < 4.78 is 5.55.